The molecule has 2 saturated heterocycles. The summed E-state index contributed by atoms with van der Waals surface area (Å²) in [6, 6.07) is 0. The van der Waals surface area contributed by atoms with Crippen LogP contribution in [-0.4, -0.2) is 64.6 Å². The van der Waals surface area contributed by atoms with Gasteiger partial charge in [-0.2, -0.15) is 0 Å². The summed E-state index contributed by atoms with van der Waals surface area (Å²) in [6.45, 7) is 20.9. The molecule has 0 aromatic rings. The number of rotatable bonds is 14. The molecule has 0 bridgehead atoms. The number of hydrogen-bond donors (Lipinski definition) is 0. The Morgan fingerprint density at radius 2 is 1.31 bits per heavy atom. The van der Waals surface area contributed by atoms with Gasteiger partial charge in [-0.15, -0.1) is 0 Å². The lowest BCUT2D eigenvalue weighted by Gasteiger charge is -2.47. The summed E-state index contributed by atoms with van der Waals surface area (Å²) in [5.41, 5.74) is -0.0591. The first-order chi connectivity index (χ1) is 13.4. The second-order valence-corrected chi connectivity index (χ2v) is 11.4. The highest BCUT2D eigenvalue weighted by atomic mass is 16.5. The van der Waals surface area contributed by atoms with Gasteiger partial charge in [0, 0.05) is 23.4 Å². The largest absolute Gasteiger partial charge is 0.384 e. The van der Waals surface area contributed by atoms with Gasteiger partial charge in [0.25, 0.3) is 0 Å². The van der Waals surface area contributed by atoms with E-state index in [0.717, 1.165) is 58.7 Å². The summed E-state index contributed by atoms with van der Waals surface area (Å²) >= 11 is 0. The van der Waals surface area contributed by atoms with Crippen molar-refractivity contribution in [2.75, 3.05) is 53.4 Å². The van der Waals surface area contributed by atoms with E-state index in [4.69, 9.17) is 23.7 Å². The molecule has 0 aliphatic carbocycles. The second-order valence-electron chi connectivity index (χ2n) is 11.4. The van der Waals surface area contributed by atoms with Crippen LogP contribution in [0.5, 0.6) is 0 Å². The van der Waals surface area contributed by atoms with Crippen molar-refractivity contribution in [1.82, 2.24) is 0 Å². The van der Waals surface area contributed by atoms with Gasteiger partial charge >= 0.3 is 0 Å². The van der Waals surface area contributed by atoms with Crippen LogP contribution >= 0.6 is 0 Å². The maximum Gasteiger partial charge on any atom is 0.0633 e. The normalized spacial score (nSPS) is 23.2. The van der Waals surface area contributed by atoms with Crippen molar-refractivity contribution >= 4 is 0 Å². The SMILES string of the molecule is CCC1(COC(C)(C)CC(C)(COC)COC(C)(C)CC2(CC)COC2)COC1. The van der Waals surface area contributed by atoms with Crippen LogP contribution in [-0.2, 0) is 23.7 Å². The van der Waals surface area contributed by atoms with E-state index in [2.05, 4.69) is 48.5 Å². The zero-order valence-electron chi connectivity index (χ0n) is 20.3. The topological polar surface area (TPSA) is 46.2 Å². The molecule has 0 aromatic heterocycles. The molecule has 0 saturated carbocycles. The summed E-state index contributed by atoms with van der Waals surface area (Å²) in [5, 5.41) is 0. The van der Waals surface area contributed by atoms with Crippen molar-refractivity contribution in [2.24, 2.45) is 16.2 Å². The minimum absolute atomic E-state index is 0.111. The Hall–Kier alpha value is -0.200. The summed E-state index contributed by atoms with van der Waals surface area (Å²) < 4.78 is 29.5. The van der Waals surface area contributed by atoms with Crippen LogP contribution in [0.4, 0.5) is 0 Å². The molecule has 2 aliphatic rings. The van der Waals surface area contributed by atoms with Gasteiger partial charge in [0.15, 0.2) is 0 Å². The molecule has 5 heteroatoms. The average Bonchev–Trinajstić information content (AvgIpc) is 2.56. The predicted molar refractivity (Wildman–Crippen MR) is 116 cm³/mol. The average molecular weight is 415 g/mol. The van der Waals surface area contributed by atoms with Gasteiger partial charge in [-0.05, 0) is 53.4 Å². The highest BCUT2D eigenvalue weighted by molar-refractivity contribution is 4.92. The summed E-state index contributed by atoms with van der Waals surface area (Å²) in [5.74, 6) is 0. The molecule has 29 heavy (non-hydrogen) atoms. The molecule has 0 spiro atoms. The van der Waals surface area contributed by atoms with Crippen molar-refractivity contribution in [3.63, 3.8) is 0 Å². The molecular weight excluding hydrogens is 368 g/mol. The van der Waals surface area contributed by atoms with E-state index < -0.39 is 0 Å². The lowest BCUT2D eigenvalue weighted by Crippen LogP contribution is -2.49. The third kappa shape index (κ3) is 6.90. The molecule has 5 nitrogen and oxygen atoms in total. The van der Waals surface area contributed by atoms with E-state index in [9.17, 15) is 0 Å². The van der Waals surface area contributed by atoms with Crippen LogP contribution in [0.15, 0.2) is 0 Å². The molecule has 0 amide bonds. The third-order valence-corrected chi connectivity index (χ3v) is 6.86. The lowest BCUT2D eigenvalue weighted by molar-refractivity contribution is -0.189. The van der Waals surface area contributed by atoms with Crippen LogP contribution in [0.25, 0.3) is 0 Å². The van der Waals surface area contributed by atoms with Gasteiger partial charge in [-0.25, -0.2) is 0 Å². The summed E-state index contributed by atoms with van der Waals surface area (Å²) in [6.07, 6.45) is 4.14. The summed E-state index contributed by atoms with van der Waals surface area (Å²) in [4.78, 5) is 0. The highest BCUT2D eigenvalue weighted by Crippen LogP contribution is 2.42. The Kier molecular flexibility index (Phi) is 8.23. The van der Waals surface area contributed by atoms with Crippen molar-refractivity contribution in [1.29, 1.82) is 0 Å². The van der Waals surface area contributed by atoms with E-state index in [0.29, 0.717) is 13.2 Å². The minimum atomic E-state index is -0.245. The molecular formula is C24H46O5. The van der Waals surface area contributed by atoms with Gasteiger partial charge in [-0.1, -0.05) is 20.8 Å². The van der Waals surface area contributed by atoms with Gasteiger partial charge in [0.05, 0.1) is 57.5 Å². The maximum atomic E-state index is 6.51. The molecule has 0 aromatic carbocycles. The van der Waals surface area contributed by atoms with Crippen LogP contribution in [0.1, 0.15) is 74.1 Å². The Balaban J connectivity index is 1.92. The quantitative estimate of drug-likeness (QED) is 0.406. The fraction of sp³-hybridized carbons (Fsp3) is 1.00. The van der Waals surface area contributed by atoms with Crippen LogP contribution in [0, 0.1) is 16.2 Å². The Morgan fingerprint density at radius 3 is 1.72 bits per heavy atom. The van der Waals surface area contributed by atoms with Gasteiger partial charge in [0.2, 0.25) is 0 Å². The smallest absolute Gasteiger partial charge is 0.0633 e. The van der Waals surface area contributed by atoms with E-state index in [1.165, 1.54) is 0 Å². The summed E-state index contributed by atoms with van der Waals surface area (Å²) in [7, 11) is 1.77. The van der Waals surface area contributed by atoms with Crippen molar-refractivity contribution in [2.45, 2.75) is 85.4 Å². The second kappa shape index (κ2) is 9.52. The number of ether oxygens (including phenoxy) is 5. The molecule has 2 heterocycles. The first kappa shape index (κ1) is 25.1. The number of methoxy groups -OCH3 is 1. The fourth-order valence-electron chi connectivity index (χ4n) is 4.85. The van der Waals surface area contributed by atoms with E-state index in [-0.39, 0.29) is 27.4 Å². The fourth-order valence-corrected chi connectivity index (χ4v) is 4.85. The minimum Gasteiger partial charge on any atom is -0.384 e. The molecule has 1 atom stereocenters. The predicted octanol–water partition coefficient (Wildman–Crippen LogP) is 4.86. The van der Waals surface area contributed by atoms with Crippen molar-refractivity contribution in [3.05, 3.63) is 0 Å². The van der Waals surface area contributed by atoms with Gasteiger partial charge < -0.3 is 23.7 Å². The molecule has 2 aliphatic heterocycles. The zero-order chi connectivity index (χ0) is 21.8. The lowest BCUT2D eigenvalue weighted by atomic mass is 9.74. The van der Waals surface area contributed by atoms with Gasteiger partial charge in [-0.3, -0.25) is 0 Å². The van der Waals surface area contributed by atoms with Crippen LogP contribution in [0.2, 0.25) is 0 Å². The maximum absolute atomic E-state index is 6.51. The van der Waals surface area contributed by atoms with Crippen molar-refractivity contribution < 1.29 is 23.7 Å². The molecule has 2 fully saturated rings. The highest BCUT2D eigenvalue weighted by Gasteiger charge is 2.44. The Morgan fingerprint density at radius 1 is 0.759 bits per heavy atom. The first-order valence-electron chi connectivity index (χ1n) is 11.3. The molecule has 1 unspecified atom stereocenters. The van der Waals surface area contributed by atoms with E-state index >= 15 is 0 Å². The zero-order valence-corrected chi connectivity index (χ0v) is 20.3. The van der Waals surface area contributed by atoms with E-state index in [1.54, 1.807) is 7.11 Å². The molecule has 2 rings (SSSR count). The molecule has 0 N–H and O–H groups in total. The Bertz CT molecular complexity index is 496. The monoisotopic (exact) mass is 414 g/mol. The third-order valence-electron chi connectivity index (χ3n) is 6.86. The van der Waals surface area contributed by atoms with Gasteiger partial charge in [0.1, 0.15) is 0 Å². The first-order valence-corrected chi connectivity index (χ1v) is 11.3. The van der Waals surface area contributed by atoms with Crippen LogP contribution in [0.3, 0.4) is 0 Å². The number of hydrogen-bond acceptors (Lipinski definition) is 5. The molecule has 172 valence electrons. The Labute approximate surface area is 179 Å². The van der Waals surface area contributed by atoms with Crippen molar-refractivity contribution in [3.8, 4) is 0 Å². The van der Waals surface area contributed by atoms with Crippen LogP contribution < -0.4 is 0 Å². The molecule has 0 radical (unpaired) electrons. The van der Waals surface area contributed by atoms with E-state index in [1.807, 2.05) is 0 Å². The standard InChI is InChI=1S/C24H46O5/c1-9-23(15-26-16-23)12-21(5,6)28-14-22(7,13-25-8)11-20(3,4)29-19-24(10-2)17-27-18-24/h9-19H2,1-8H3.